The molecular weight excluding hydrogens is 264 g/mol. The monoisotopic (exact) mass is 290 g/mol. The summed E-state index contributed by atoms with van der Waals surface area (Å²) in [6, 6.07) is 8.95. The smallest absolute Gasteiger partial charge is 0.0944 e. The molecule has 2 nitrogen and oxygen atoms in total. The zero-order valence-electron chi connectivity index (χ0n) is 13.2. The van der Waals surface area contributed by atoms with Gasteiger partial charge in [-0.25, -0.2) is 4.98 Å². The summed E-state index contributed by atoms with van der Waals surface area (Å²) in [5.74, 6) is 0.626. The van der Waals surface area contributed by atoms with E-state index in [1.165, 1.54) is 9.71 Å². The van der Waals surface area contributed by atoms with Crippen molar-refractivity contribution in [2.24, 2.45) is 11.3 Å². The average molecular weight is 290 g/mol. The van der Waals surface area contributed by atoms with Gasteiger partial charge in [-0.05, 0) is 23.5 Å². The zero-order valence-corrected chi connectivity index (χ0v) is 14.1. The molecule has 1 N–H and O–H groups in total. The maximum Gasteiger partial charge on any atom is 0.0944 e. The molecule has 1 heterocycles. The van der Waals surface area contributed by atoms with E-state index in [9.17, 15) is 0 Å². The van der Waals surface area contributed by atoms with E-state index in [0.717, 1.165) is 18.5 Å². The van der Waals surface area contributed by atoms with E-state index in [1.54, 1.807) is 0 Å². The highest BCUT2D eigenvalue weighted by molar-refractivity contribution is 7.18. The lowest BCUT2D eigenvalue weighted by molar-refractivity contribution is 0.202. The molecular formula is C17H26N2S. The summed E-state index contributed by atoms with van der Waals surface area (Å²) in [6.07, 6.45) is 1.05. The molecule has 2 aromatic rings. The molecule has 0 aliphatic heterocycles. The van der Waals surface area contributed by atoms with E-state index >= 15 is 0 Å². The van der Waals surface area contributed by atoms with Gasteiger partial charge >= 0.3 is 0 Å². The Morgan fingerprint density at radius 1 is 1.20 bits per heavy atom. The number of fused-ring (bicyclic) bond motifs is 1. The Balaban J connectivity index is 2.18. The van der Waals surface area contributed by atoms with Gasteiger partial charge in [0.25, 0.3) is 0 Å². The number of rotatable bonds is 6. The fourth-order valence-electron chi connectivity index (χ4n) is 2.25. The van der Waals surface area contributed by atoms with Crippen molar-refractivity contribution in [2.45, 2.75) is 47.1 Å². The Kier molecular flexibility index (Phi) is 4.82. The summed E-state index contributed by atoms with van der Waals surface area (Å²) in [7, 11) is 0. The molecule has 2 rings (SSSR count). The van der Waals surface area contributed by atoms with Crippen LogP contribution in [-0.2, 0) is 6.42 Å². The minimum absolute atomic E-state index is 0.248. The van der Waals surface area contributed by atoms with Crippen molar-refractivity contribution in [2.75, 3.05) is 6.54 Å². The lowest BCUT2D eigenvalue weighted by atomic mass is 9.76. The zero-order chi connectivity index (χ0) is 14.8. The molecule has 0 bridgehead atoms. The standard InChI is InChI=1S/C17H26N2S/c1-12(2)17(5,11-18-13(3)4)10-16-19-14-8-6-7-9-15(14)20-16/h6-9,12-13,18H,10-11H2,1-5H3. The SMILES string of the molecule is CC(C)NCC(C)(Cc1nc2ccccc2s1)C(C)C. The number of thiazole rings is 1. The number of hydrogen-bond donors (Lipinski definition) is 1. The summed E-state index contributed by atoms with van der Waals surface area (Å²) < 4.78 is 1.30. The summed E-state index contributed by atoms with van der Waals surface area (Å²) in [5, 5.41) is 4.86. The summed E-state index contributed by atoms with van der Waals surface area (Å²) >= 11 is 1.84. The minimum Gasteiger partial charge on any atom is -0.314 e. The molecule has 20 heavy (non-hydrogen) atoms. The van der Waals surface area contributed by atoms with Gasteiger partial charge in [0.1, 0.15) is 0 Å². The molecule has 3 heteroatoms. The number of nitrogens with zero attached hydrogens (tertiary/aromatic N) is 1. The summed E-state index contributed by atoms with van der Waals surface area (Å²) in [5.41, 5.74) is 1.38. The van der Waals surface area contributed by atoms with Crippen molar-refractivity contribution in [1.29, 1.82) is 0 Å². The normalized spacial score (nSPS) is 15.2. The van der Waals surface area contributed by atoms with Crippen molar-refractivity contribution in [3.8, 4) is 0 Å². The van der Waals surface area contributed by atoms with Crippen LogP contribution in [0.15, 0.2) is 24.3 Å². The average Bonchev–Trinajstić information content (AvgIpc) is 2.78. The van der Waals surface area contributed by atoms with Gasteiger partial charge in [-0.1, -0.05) is 46.8 Å². The predicted molar refractivity (Wildman–Crippen MR) is 89.4 cm³/mol. The number of benzene rings is 1. The first-order valence-corrected chi connectivity index (χ1v) is 8.30. The van der Waals surface area contributed by atoms with Gasteiger partial charge < -0.3 is 5.32 Å². The first-order valence-electron chi connectivity index (χ1n) is 7.48. The molecule has 1 aromatic carbocycles. The topological polar surface area (TPSA) is 24.9 Å². The fourth-order valence-corrected chi connectivity index (χ4v) is 3.41. The summed E-state index contributed by atoms with van der Waals surface area (Å²) in [6.45, 7) is 12.5. The largest absolute Gasteiger partial charge is 0.314 e. The van der Waals surface area contributed by atoms with E-state index in [4.69, 9.17) is 4.98 Å². The number of nitrogens with one attached hydrogen (secondary N) is 1. The van der Waals surface area contributed by atoms with Gasteiger partial charge in [0.15, 0.2) is 0 Å². The lowest BCUT2D eigenvalue weighted by Gasteiger charge is -2.34. The second-order valence-corrected chi connectivity index (χ2v) is 7.71. The lowest BCUT2D eigenvalue weighted by Crippen LogP contribution is -2.40. The third-order valence-electron chi connectivity index (χ3n) is 4.20. The number of hydrogen-bond acceptors (Lipinski definition) is 3. The predicted octanol–water partition coefficient (Wildman–Crippen LogP) is 4.50. The van der Waals surface area contributed by atoms with Crippen LogP contribution in [0.5, 0.6) is 0 Å². The molecule has 0 amide bonds. The third kappa shape index (κ3) is 3.58. The third-order valence-corrected chi connectivity index (χ3v) is 5.24. The van der Waals surface area contributed by atoms with Crippen LogP contribution in [0.2, 0.25) is 0 Å². The van der Waals surface area contributed by atoms with Gasteiger partial charge in [0.05, 0.1) is 15.2 Å². The van der Waals surface area contributed by atoms with E-state index in [1.807, 2.05) is 11.3 Å². The molecule has 0 saturated carbocycles. The van der Waals surface area contributed by atoms with E-state index in [0.29, 0.717) is 12.0 Å². The first kappa shape index (κ1) is 15.5. The Morgan fingerprint density at radius 2 is 1.90 bits per heavy atom. The van der Waals surface area contributed by atoms with Crippen LogP contribution in [0.25, 0.3) is 10.2 Å². The Labute approximate surface area is 126 Å². The highest BCUT2D eigenvalue weighted by Crippen LogP contribution is 2.33. The van der Waals surface area contributed by atoms with Gasteiger partial charge in [-0.15, -0.1) is 11.3 Å². The molecule has 0 aliphatic rings. The molecule has 0 spiro atoms. The second kappa shape index (κ2) is 6.23. The quantitative estimate of drug-likeness (QED) is 0.847. The number of para-hydroxylation sites is 1. The van der Waals surface area contributed by atoms with Crippen LogP contribution < -0.4 is 5.32 Å². The maximum absolute atomic E-state index is 4.80. The van der Waals surface area contributed by atoms with Crippen molar-refractivity contribution < 1.29 is 0 Å². The van der Waals surface area contributed by atoms with Crippen molar-refractivity contribution in [1.82, 2.24) is 10.3 Å². The Bertz CT molecular complexity index is 526. The minimum atomic E-state index is 0.248. The Morgan fingerprint density at radius 3 is 2.50 bits per heavy atom. The second-order valence-electron chi connectivity index (χ2n) is 6.60. The fraction of sp³-hybridized carbons (Fsp3) is 0.588. The molecule has 110 valence electrons. The van der Waals surface area contributed by atoms with Crippen LogP contribution in [0.1, 0.15) is 39.6 Å². The molecule has 0 aliphatic carbocycles. The van der Waals surface area contributed by atoms with Crippen LogP contribution in [0, 0.1) is 11.3 Å². The van der Waals surface area contributed by atoms with Crippen molar-refractivity contribution >= 4 is 21.6 Å². The van der Waals surface area contributed by atoms with Crippen LogP contribution >= 0.6 is 11.3 Å². The number of aromatic nitrogens is 1. The molecule has 0 saturated heterocycles. The molecule has 0 radical (unpaired) electrons. The van der Waals surface area contributed by atoms with Gasteiger partial charge in [-0.3, -0.25) is 0 Å². The van der Waals surface area contributed by atoms with Gasteiger partial charge in [0, 0.05) is 19.0 Å². The van der Waals surface area contributed by atoms with Crippen LogP contribution in [0.4, 0.5) is 0 Å². The van der Waals surface area contributed by atoms with Crippen LogP contribution in [0.3, 0.4) is 0 Å². The first-order chi connectivity index (χ1) is 9.40. The maximum atomic E-state index is 4.80. The molecule has 1 unspecified atom stereocenters. The van der Waals surface area contributed by atoms with Gasteiger partial charge in [0.2, 0.25) is 0 Å². The van der Waals surface area contributed by atoms with E-state index in [2.05, 4.69) is 64.2 Å². The van der Waals surface area contributed by atoms with Crippen molar-refractivity contribution in [3.05, 3.63) is 29.3 Å². The van der Waals surface area contributed by atoms with Crippen LogP contribution in [-0.4, -0.2) is 17.6 Å². The van der Waals surface area contributed by atoms with E-state index < -0.39 is 0 Å². The Hall–Kier alpha value is -0.930. The molecule has 1 aromatic heterocycles. The summed E-state index contributed by atoms with van der Waals surface area (Å²) in [4.78, 5) is 4.80. The molecule has 1 atom stereocenters. The van der Waals surface area contributed by atoms with E-state index in [-0.39, 0.29) is 5.41 Å². The molecule has 0 fully saturated rings. The highest BCUT2D eigenvalue weighted by Gasteiger charge is 2.30. The van der Waals surface area contributed by atoms with Gasteiger partial charge in [-0.2, -0.15) is 0 Å². The van der Waals surface area contributed by atoms with Crippen molar-refractivity contribution in [3.63, 3.8) is 0 Å². The highest BCUT2D eigenvalue weighted by atomic mass is 32.1.